The molecule has 0 saturated heterocycles. The summed E-state index contributed by atoms with van der Waals surface area (Å²) in [6.07, 6.45) is 17.5. The molecule has 0 aromatic heterocycles. The molecule has 1 saturated carbocycles. The van der Waals surface area contributed by atoms with Crippen LogP contribution < -0.4 is 0 Å². The van der Waals surface area contributed by atoms with Crippen molar-refractivity contribution >= 4 is 11.8 Å². The van der Waals surface area contributed by atoms with Crippen LogP contribution in [0.15, 0.2) is 12.2 Å². The molecule has 0 amide bonds. The van der Waals surface area contributed by atoms with Gasteiger partial charge in [-0.3, -0.25) is 9.59 Å². The minimum atomic E-state index is -0.686. The van der Waals surface area contributed by atoms with Crippen molar-refractivity contribution in [3.05, 3.63) is 12.2 Å². The van der Waals surface area contributed by atoms with Crippen molar-refractivity contribution in [2.75, 3.05) is 0 Å². The minimum absolute atomic E-state index is 0.290. The summed E-state index contributed by atoms with van der Waals surface area (Å²) in [4.78, 5) is 22.3. The molecule has 3 nitrogen and oxygen atoms in total. The summed E-state index contributed by atoms with van der Waals surface area (Å²) in [6.45, 7) is 2.16. The molecule has 0 aromatic carbocycles. The molecule has 23 heavy (non-hydrogen) atoms. The maximum atomic E-state index is 11.8. The fourth-order valence-electron chi connectivity index (χ4n) is 3.58. The lowest BCUT2D eigenvalue weighted by Crippen LogP contribution is -2.06. The maximum Gasteiger partial charge on any atom is 0.303 e. The Balaban J connectivity index is 2.17. The van der Waals surface area contributed by atoms with Crippen molar-refractivity contribution in [2.24, 2.45) is 11.8 Å². The van der Waals surface area contributed by atoms with Gasteiger partial charge in [0, 0.05) is 12.8 Å². The van der Waals surface area contributed by atoms with Gasteiger partial charge in [0.15, 0.2) is 5.78 Å². The molecule has 1 aliphatic rings. The second-order valence-corrected chi connectivity index (χ2v) is 6.98. The van der Waals surface area contributed by atoms with Gasteiger partial charge in [0.25, 0.3) is 0 Å². The molecule has 1 rings (SSSR count). The number of aliphatic carboxylic acids is 1. The van der Waals surface area contributed by atoms with Gasteiger partial charge in [0.05, 0.1) is 0 Å². The second kappa shape index (κ2) is 12.3. The third-order valence-electron chi connectivity index (χ3n) is 4.99. The van der Waals surface area contributed by atoms with E-state index in [9.17, 15) is 9.59 Å². The smallest absolute Gasteiger partial charge is 0.303 e. The number of unbranched alkanes of at least 4 members (excludes halogenated alkanes) is 5. The molecule has 1 N–H and O–H groups in total. The Morgan fingerprint density at radius 3 is 2.48 bits per heavy atom. The van der Waals surface area contributed by atoms with Crippen molar-refractivity contribution in [3.63, 3.8) is 0 Å². The van der Waals surface area contributed by atoms with E-state index >= 15 is 0 Å². The lowest BCUT2D eigenvalue weighted by Gasteiger charge is -2.16. The van der Waals surface area contributed by atoms with Crippen molar-refractivity contribution in [2.45, 2.75) is 90.4 Å². The van der Waals surface area contributed by atoms with Gasteiger partial charge in [-0.15, -0.1) is 0 Å². The first-order valence-corrected chi connectivity index (χ1v) is 9.56. The van der Waals surface area contributed by atoms with E-state index in [4.69, 9.17) is 5.11 Å². The summed E-state index contributed by atoms with van der Waals surface area (Å²) in [6, 6.07) is 0. The molecule has 132 valence electrons. The SMILES string of the molecule is CCCCCC(=O)/C=C/C1CCC[C@@H]1CCCCCCC(=O)O. The maximum absolute atomic E-state index is 11.8. The van der Waals surface area contributed by atoms with Gasteiger partial charge in [-0.2, -0.15) is 0 Å². The highest BCUT2D eigenvalue weighted by atomic mass is 16.4. The molecule has 1 unspecified atom stereocenters. The van der Waals surface area contributed by atoms with Crippen LogP contribution >= 0.6 is 0 Å². The highest BCUT2D eigenvalue weighted by Crippen LogP contribution is 2.36. The topological polar surface area (TPSA) is 54.4 Å². The van der Waals surface area contributed by atoms with E-state index in [-0.39, 0.29) is 5.78 Å². The molecule has 0 spiro atoms. The second-order valence-electron chi connectivity index (χ2n) is 6.98. The molecule has 0 bridgehead atoms. The molecule has 0 aromatic rings. The summed E-state index contributed by atoms with van der Waals surface area (Å²) in [5, 5.41) is 8.61. The third-order valence-corrected chi connectivity index (χ3v) is 4.99. The first-order chi connectivity index (χ1) is 11.1. The van der Waals surface area contributed by atoms with Crippen LogP contribution in [0.1, 0.15) is 90.4 Å². The van der Waals surface area contributed by atoms with Crippen LogP contribution in [0.4, 0.5) is 0 Å². The average Bonchev–Trinajstić information content (AvgIpc) is 2.96. The molecule has 1 fully saturated rings. The molecule has 2 atom stereocenters. The fraction of sp³-hybridized carbons (Fsp3) is 0.800. The summed E-state index contributed by atoms with van der Waals surface area (Å²) < 4.78 is 0. The summed E-state index contributed by atoms with van der Waals surface area (Å²) >= 11 is 0. The van der Waals surface area contributed by atoms with E-state index < -0.39 is 5.97 Å². The Morgan fingerprint density at radius 1 is 1.00 bits per heavy atom. The van der Waals surface area contributed by atoms with Crippen molar-refractivity contribution in [3.8, 4) is 0 Å². The van der Waals surface area contributed by atoms with E-state index in [2.05, 4.69) is 13.0 Å². The summed E-state index contributed by atoms with van der Waals surface area (Å²) in [5.74, 6) is 0.922. The van der Waals surface area contributed by atoms with E-state index in [1.807, 2.05) is 6.08 Å². The number of carboxylic acids is 1. The molecule has 0 heterocycles. The Hall–Kier alpha value is -1.12. The Labute approximate surface area is 141 Å². The number of hydrogen-bond donors (Lipinski definition) is 1. The van der Waals surface area contributed by atoms with Crippen molar-refractivity contribution < 1.29 is 14.7 Å². The van der Waals surface area contributed by atoms with Gasteiger partial charge in [-0.1, -0.05) is 51.5 Å². The van der Waals surface area contributed by atoms with Crippen LogP contribution in [0, 0.1) is 11.8 Å². The van der Waals surface area contributed by atoms with Gasteiger partial charge in [0.1, 0.15) is 0 Å². The predicted octanol–water partition coefficient (Wildman–Crippen LogP) is 5.53. The summed E-state index contributed by atoms with van der Waals surface area (Å²) in [7, 11) is 0. The number of carboxylic acid groups (broad SMARTS) is 1. The van der Waals surface area contributed by atoms with E-state index in [0.29, 0.717) is 18.8 Å². The minimum Gasteiger partial charge on any atom is -0.481 e. The van der Waals surface area contributed by atoms with Crippen LogP contribution in [0.5, 0.6) is 0 Å². The highest BCUT2D eigenvalue weighted by Gasteiger charge is 2.24. The Morgan fingerprint density at radius 2 is 1.74 bits per heavy atom. The van der Waals surface area contributed by atoms with Gasteiger partial charge in [-0.05, 0) is 50.0 Å². The quantitative estimate of drug-likeness (QED) is 0.358. The van der Waals surface area contributed by atoms with E-state index in [0.717, 1.165) is 44.4 Å². The van der Waals surface area contributed by atoms with Crippen molar-refractivity contribution in [1.29, 1.82) is 0 Å². The van der Waals surface area contributed by atoms with Crippen LogP contribution in [-0.4, -0.2) is 16.9 Å². The normalized spacial score (nSPS) is 21.1. The summed E-state index contributed by atoms with van der Waals surface area (Å²) in [5.41, 5.74) is 0. The van der Waals surface area contributed by atoms with Crippen molar-refractivity contribution in [1.82, 2.24) is 0 Å². The third kappa shape index (κ3) is 9.58. The molecular weight excluding hydrogens is 288 g/mol. The first kappa shape index (κ1) is 19.9. The number of ketones is 1. The van der Waals surface area contributed by atoms with Gasteiger partial charge >= 0.3 is 5.97 Å². The molecule has 1 aliphatic carbocycles. The van der Waals surface area contributed by atoms with Crippen LogP contribution in [-0.2, 0) is 9.59 Å². The lowest BCUT2D eigenvalue weighted by atomic mass is 9.90. The van der Waals surface area contributed by atoms with Crippen LogP contribution in [0.2, 0.25) is 0 Å². The Bertz CT molecular complexity index is 373. The largest absolute Gasteiger partial charge is 0.481 e. The van der Waals surface area contributed by atoms with E-state index in [1.54, 1.807) is 0 Å². The van der Waals surface area contributed by atoms with Gasteiger partial charge in [-0.25, -0.2) is 0 Å². The molecule has 0 radical (unpaired) electrons. The Kier molecular flexibility index (Phi) is 10.7. The zero-order chi connectivity index (χ0) is 16.9. The zero-order valence-corrected chi connectivity index (χ0v) is 14.8. The number of hydrogen-bond acceptors (Lipinski definition) is 2. The molecular formula is C20H34O3. The molecule has 3 heteroatoms. The standard InChI is InChI=1S/C20H34O3/c1-2-3-6-13-19(21)16-15-18-12-9-11-17(18)10-7-4-5-8-14-20(22)23/h15-18H,2-14H2,1H3,(H,22,23)/b16-15+/t17-,18?/m0/s1. The number of carbonyl (C=O) groups excluding carboxylic acids is 1. The van der Waals surface area contributed by atoms with Crippen LogP contribution in [0.3, 0.4) is 0 Å². The van der Waals surface area contributed by atoms with Crippen LogP contribution in [0.25, 0.3) is 0 Å². The first-order valence-electron chi connectivity index (χ1n) is 9.56. The lowest BCUT2D eigenvalue weighted by molar-refractivity contribution is -0.137. The average molecular weight is 322 g/mol. The number of allylic oxidation sites excluding steroid dienone is 2. The zero-order valence-electron chi connectivity index (χ0n) is 14.8. The fourth-order valence-corrected chi connectivity index (χ4v) is 3.58. The molecule has 0 aliphatic heterocycles. The highest BCUT2D eigenvalue weighted by molar-refractivity contribution is 5.89. The van der Waals surface area contributed by atoms with E-state index in [1.165, 1.54) is 32.1 Å². The predicted molar refractivity (Wildman–Crippen MR) is 94.5 cm³/mol. The van der Waals surface area contributed by atoms with Gasteiger partial charge in [0.2, 0.25) is 0 Å². The van der Waals surface area contributed by atoms with Gasteiger partial charge < -0.3 is 5.11 Å². The monoisotopic (exact) mass is 322 g/mol. The number of rotatable bonds is 13. The number of carbonyl (C=O) groups is 2.